The summed E-state index contributed by atoms with van der Waals surface area (Å²) in [4.78, 5) is 0. The Labute approximate surface area is 206 Å². The van der Waals surface area contributed by atoms with Gasteiger partial charge in [-0.05, 0) is 136 Å². The first-order chi connectivity index (χ1) is 15.6. The standard InChI is InChI=1S/C28H44O2S2/c31-19-9-21-17-5-25(23(21)11-19)27(7-17)29-13-15-1-2-16(4-3-15)14-30-28-8-18-6-26(28)24-12-20(32)10-22(18)24/h15-28,31-32H,1-14H2. The number of hydrogen-bond acceptors (Lipinski definition) is 4. The maximum absolute atomic E-state index is 6.62. The van der Waals surface area contributed by atoms with E-state index < -0.39 is 0 Å². The first-order valence-electron chi connectivity index (χ1n) is 14.2. The largest absolute Gasteiger partial charge is 0.378 e. The van der Waals surface area contributed by atoms with E-state index in [1.54, 1.807) is 0 Å². The molecule has 2 nitrogen and oxygen atoms in total. The number of ether oxygens (including phenoxy) is 2. The lowest BCUT2D eigenvalue weighted by atomic mass is 9.79. The molecule has 12 unspecified atom stereocenters. The van der Waals surface area contributed by atoms with Crippen LogP contribution in [0.1, 0.15) is 77.0 Å². The van der Waals surface area contributed by atoms with Crippen LogP contribution >= 0.6 is 25.3 Å². The molecule has 0 radical (unpaired) electrons. The van der Waals surface area contributed by atoms with E-state index in [1.807, 2.05) is 0 Å². The van der Waals surface area contributed by atoms with E-state index in [4.69, 9.17) is 34.7 Å². The Balaban J connectivity index is 0.832. The number of thiol groups is 2. The van der Waals surface area contributed by atoms with Gasteiger partial charge in [-0.2, -0.15) is 25.3 Å². The van der Waals surface area contributed by atoms with Gasteiger partial charge in [-0.15, -0.1) is 0 Å². The summed E-state index contributed by atoms with van der Waals surface area (Å²) >= 11 is 9.61. The van der Waals surface area contributed by atoms with Gasteiger partial charge in [-0.25, -0.2) is 0 Å². The highest BCUT2D eigenvalue weighted by Gasteiger charge is 2.57. The van der Waals surface area contributed by atoms with Crippen molar-refractivity contribution in [3.05, 3.63) is 0 Å². The molecule has 7 saturated carbocycles. The molecule has 7 aliphatic rings. The molecule has 4 bridgehead atoms. The van der Waals surface area contributed by atoms with E-state index in [-0.39, 0.29) is 0 Å². The van der Waals surface area contributed by atoms with Gasteiger partial charge in [-0.1, -0.05) is 0 Å². The van der Waals surface area contributed by atoms with Crippen molar-refractivity contribution in [2.75, 3.05) is 13.2 Å². The molecule has 0 amide bonds. The Morgan fingerprint density at radius 1 is 0.469 bits per heavy atom. The molecule has 32 heavy (non-hydrogen) atoms. The molecule has 0 aromatic heterocycles. The van der Waals surface area contributed by atoms with Crippen molar-refractivity contribution < 1.29 is 9.47 Å². The molecule has 7 fully saturated rings. The lowest BCUT2D eigenvalue weighted by molar-refractivity contribution is -0.0470. The molecule has 0 N–H and O–H groups in total. The van der Waals surface area contributed by atoms with Crippen LogP contribution in [0.5, 0.6) is 0 Å². The molecule has 12 atom stereocenters. The maximum atomic E-state index is 6.62. The minimum atomic E-state index is 0.579. The van der Waals surface area contributed by atoms with Gasteiger partial charge < -0.3 is 9.47 Å². The molecule has 7 aliphatic carbocycles. The Bertz CT molecular complexity index is 635. The van der Waals surface area contributed by atoms with Crippen molar-refractivity contribution in [2.45, 2.75) is 99.8 Å². The lowest BCUT2D eigenvalue weighted by Gasteiger charge is -2.35. The van der Waals surface area contributed by atoms with Gasteiger partial charge in [-0.3, -0.25) is 0 Å². The predicted octanol–water partition coefficient (Wildman–Crippen LogP) is 6.29. The molecule has 4 heteroatoms. The Hall–Kier alpha value is 0.620. The summed E-state index contributed by atoms with van der Waals surface area (Å²) in [5.41, 5.74) is 0. The third-order valence-electron chi connectivity index (χ3n) is 11.8. The molecule has 7 rings (SSSR count). The first-order valence-corrected chi connectivity index (χ1v) is 15.2. The topological polar surface area (TPSA) is 18.5 Å². The van der Waals surface area contributed by atoms with Crippen LogP contribution in [0.25, 0.3) is 0 Å². The second-order valence-electron chi connectivity index (χ2n) is 13.3. The number of fused-ring (bicyclic) bond motifs is 10. The van der Waals surface area contributed by atoms with Gasteiger partial charge in [0.05, 0.1) is 12.2 Å². The van der Waals surface area contributed by atoms with Gasteiger partial charge in [0.1, 0.15) is 0 Å². The number of rotatable bonds is 6. The van der Waals surface area contributed by atoms with Gasteiger partial charge in [0, 0.05) is 23.7 Å². The van der Waals surface area contributed by atoms with Crippen LogP contribution < -0.4 is 0 Å². The summed E-state index contributed by atoms with van der Waals surface area (Å²) in [5, 5.41) is 1.34. The minimum Gasteiger partial charge on any atom is -0.378 e. The van der Waals surface area contributed by atoms with Crippen LogP contribution in [-0.4, -0.2) is 35.9 Å². The third-order valence-corrected chi connectivity index (χ3v) is 12.7. The highest BCUT2D eigenvalue weighted by molar-refractivity contribution is 7.81. The van der Waals surface area contributed by atoms with Crippen molar-refractivity contribution >= 4 is 25.3 Å². The highest BCUT2D eigenvalue weighted by atomic mass is 32.1. The molecule has 0 spiro atoms. The van der Waals surface area contributed by atoms with E-state index in [0.717, 1.165) is 72.4 Å². The molecular weight excluding hydrogens is 432 g/mol. The molecular formula is C28H44O2S2. The first kappa shape index (κ1) is 21.9. The van der Waals surface area contributed by atoms with Gasteiger partial charge >= 0.3 is 0 Å². The fourth-order valence-electron chi connectivity index (χ4n) is 10.4. The maximum Gasteiger partial charge on any atom is 0.0609 e. The summed E-state index contributed by atoms with van der Waals surface area (Å²) in [6, 6.07) is 0. The van der Waals surface area contributed by atoms with Crippen LogP contribution in [-0.2, 0) is 9.47 Å². The fourth-order valence-corrected chi connectivity index (χ4v) is 11.4. The molecule has 0 aromatic carbocycles. The van der Waals surface area contributed by atoms with Crippen LogP contribution in [0.3, 0.4) is 0 Å². The van der Waals surface area contributed by atoms with Crippen molar-refractivity contribution in [1.29, 1.82) is 0 Å². The zero-order valence-corrected chi connectivity index (χ0v) is 21.5. The van der Waals surface area contributed by atoms with E-state index in [1.165, 1.54) is 77.0 Å². The van der Waals surface area contributed by atoms with Gasteiger partial charge in [0.15, 0.2) is 0 Å². The SMILES string of the molecule is SC1CC2C3CC(OCC4CCC(COC5CC6CC5C5CC(S)CC65)CC4)C(C3)C2C1. The zero-order chi connectivity index (χ0) is 21.4. The monoisotopic (exact) mass is 476 g/mol. The van der Waals surface area contributed by atoms with Gasteiger partial charge in [0.2, 0.25) is 0 Å². The minimum absolute atomic E-state index is 0.579. The molecule has 180 valence electrons. The second kappa shape index (κ2) is 8.63. The van der Waals surface area contributed by atoms with Crippen LogP contribution in [0.15, 0.2) is 0 Å². The summed E-state index contributed by atoms with van der Waals surface area (Å²) in [5.74, 6) is 9.13. The van der Waals surface area contributed by atoms with Crippen molar-refractivity contribution in [2.24, 2.45) is 59.2 Å². The summed E-state index contributed by atoms with van der Waals surface area (Å²) in [7, 11) is 0. The second-order valence-corrected chi connectivity index (χ2v) is 14.8. The molecule has 0 aliphatic heterocycles. The summed E-state index contributed by atoms with van der Waals surface area (Å²) in [6.07, 6.45) is 17.7. The fraction of sp³-hybridized carbons (Fsp3) is 1.00. The third kappa shape index (κ3) is 3.75. The summed E-state index contributed by atoms with van der Waals surface area (Å²) in [6.45, 7) is 2.06. The van der Waals surface area contributed by atoms with Crippen LogP contribution in [0, 0.1) is 59.2 Å². The van der Waals surface area contributed by atoms with Crippen LogP contribution in [0.2, 0.25) is 0 Å². The average Bonchev–Trinajstić information content (AvgIpc) is 3.58. The zero-order valence-electron chi connectivity index (χ0n) is 19.7. The quantitative estimate of drug-likeness (QED) is 0.439. The Morgan fingerprint density at radius 3 is 1.31 bits per heavy atom. The van der Waals surface area contributed by atoms with Crippen molar-refractivity contribution in [3.63, 3.8) is 0 Å². The Kier molecular flexibility index (Phi) is 5.90. The van der Waals surface area contributed by atoms with E-state index in [0.29, 0.717) is 22.7 Å². The van der Waals surface area contributed by atoms with E-state index >= 15 is 0 Å². The summed E-state index contributed by atoms with van der Waals surface area (Å²) < 4.78 is 13.2. The van der Waals surface area contributed by atoms with Crippen molar-refractivity contribution in [3.8, 4) is 0 Å². The average molecular weight is 477 g/mol. The predicted molar refractivity (Wildman–Crippen MR) is 135 cm³/mol. The molecule has 0 heterocycles. The number of hydrogen-bond donors (Lipinski definition) is 2. The van der Waals surface area contributed by atoms with Crippen LogP contribution in [0.4, 0.5) is 0 Å². The van der Waals surface area contributed by atoms with E-state index in [9.17, 15) is 0 Å². The van der Waals surface area contributed by atoms with E-state index in [2.05, 4.69) is 0 Å². The highest BCUT2D eigenvalue weighted by Crippen LogP contribution is 2.61. The van der Waals surface area contributed by atoms with Crippen molar-refractivity contribution in [1.82, 2.24) is 0 Å². The smallest absolute Gasteiger partial charge is 0.0609 e. The normalized spacial score (nSPS) is 57.9. The molecule has 0 aromatic rings. The Morgan fingerprint density at radius 2 is 0.875 bits per heavy atom. The van der Waals surface area contributed by atoms with Gasteiger partial charge in [0.25, 0.3) is 0 Å². The lowest BCUT2D eigenvalue weighted by Crippen LogP contribution is -2.33. The molecule has 0 saturated heterocycles.